The molecule has 3 aromatic carbocycles. The number of nitrogens with two attached hydrogens (primary N) is 1. The number of nitrogens with zero attached hydrogens (tertiary/aromatic N) is 1. The van der Waals surface area contributed by atoms with Crippen LogP contribution in [-0.4, -0.2) is 38.4 Å². The number of hydrogen-bond acceptors (Lipinski definition) is 4. The quantitative estimate of drug-likeness (QED) is 0.337. The van der Waals surface area contributed by atoms with Gasteiger partial charge in [0.1, 0.15) is 5.60 Å². The molecule has 0 saturated heterocycles. The molecule has 3 rings (SSSR count). The molecule has 32 heavy (non-hydrogen) atoms. The first-order valence-electron chi connectivity index (χ1n) is 10.6. The molecule has 3 aromatic rings. The molecular weight excluding hydrogens is 402 g/mol. The van der Waals surface area contributed by atoms with Gasteiger partial charge in [-0.25, -0.2) is 0 Å². The fourth-order valence-electron chi connectivity index (χ4n) is 3.57. The molecule has 168 valence electrons. The second kappa shape index (κ2) is 11.2. The van der Waals surface area contributed by atoms with Crippen molar-refractivity contribution in [3.05, 3.63) is 95.6 Å². The van der Waals surface area contributed by atoms with Crippen LogP contribution >= 0.6 is 0 Å². The summed E-state index contributed by atoms with van der Waals surface area (Å²) in [5.41, 5.74) is 7.88. The van der Waals surface area contributed by atoms with Crippen LogP contribution in [0.4, 0.5) is 0 Å². The van der Waals surface area contributed by atoms with Gasteiger partial charge in [-0.2, -0.15) is 0 Å². The Morgan fingerprint density at radius 2 is 1.56 bits per heavy atom. The zero-order chi connectivity index (χ0) is 22.8. The van der Waals surface area contributed by atoms with Gasteiger partial charge in [-0.05, 0) is 35.2 Å². The van der Waals surface area contributed by atoms with E-state index in [0.29, 0.717) is 30.4 Å². The largest absolute Gasteiger partial charge is 0.493 e. The maximum atomic E-state index is 11.5. The van der Waals surface area contributed by atoms with E-state index in [0.717, 1.165) is 23.1 Å². The van der Waals surface area contributed by atoms with Gasteiger partial charge in [0, 0.05) is 13.0 Å². The van der Waals surface area contributed by atoms with Gasteiger partial charge in [0.05, 0.1) is 20.8 Å². The summed E-state index contributed by atoms with van der Waals surface area (Å²) in [6.45, 7) is 0.758. The standard InChI is InChI=1S/C26H31N3O3/c1-31-23-14-13-20(17-24(23)32-2)15-16-28-25(27)29-19-26(30,22-11-7-4-8-12-22)18-21-9-5-3-6-10-21/h3-14,17,30H,15-16,18-19H2,1-2H3,(H3,27,28,29). The third-order valence-corrected chi connectivity index (χ3v) is 5.33. The van der Waals surface area contributed by atoms with Crippen LogP contribution in [0, 0.1) is 0 Å². The average molecular weight is 434 g/mol. The zero-order valence-corrected chi connectivity index (χ0v) is 18.6. The number of hydrogen-bond donors (Lipinski definition) is 3. The molecule has 1 unspecified atom stereocenters. The molecule has 0 bridgehead atoms. The van der Waals surface area contributed by atoms with Gasteiger partial charge < -0.3 is 25.6 Å². The van der Waals surface area contributed by atoms with E-state index < -0.39 is 5.60 Å². The number of benzene rings is 3. The van der Waals surface area contributed by atoms with Crippen LogP contribution in [0.15, 0.2) is 83.9 Å². The van der Waals surface area contributed by atoms with Crippen molar-refractivity contribution in [2.45, 2.75) is 18.4 Å². The molecule has 6 heteroatoms. The lowest BCUT2D eigenvalue weighted by Gasteiger charge is -2.27. The van der Waals surface area contributed by atoms with Crippen LogP contribution in [-0.2, 0) is 18.4 Å². The van der Waals surface area contributed by atoms with E-state index in [1.54, 1.807) is 14.2 Å². The van der Waals surface area contributed by atoms with Crippen molar-refractivity contribution in [2.75, 3.05) is 27.3 Å². The summed E-state index contributed by atoms with van der Waals surface area (Å²) in [4.78, 5) is 4.45. The second-order valence-corrected chi connectivity index (χ2v) is 7.63. The minimum atomic E-state index is -1.15. The number of rotatable bonds is 10. The maximum Gasteiger partial charge on any atom is 0.188 e. The van der Waals surface area contributed by atoms with Crippen molar-refractivity contribution in [1.82, 2.24) is 5.32 Å². The fourth-order valence-corrected chi connectivity index (χ4v) is 3.57. The van der Waals surface area contributed by atoms with Crippen LogP contribution < -0.4 is 20.5 Å². The number of guanidine groups is 1. The Morgan fingerprint density at radius 3 is 2.22 bits per heavy atom. The lowest BCUT2D eigenvalue weighted by atomic mass is 9.87. The minimum Gasteiger partial charge on any atom is -0.493 e. The van der Waals surface area contributed by atoms with Gasteiger partial charge in [-0.15, -0.1) is 0 Å². The third-order valence-electron chi connectivity index (χ3n) is 5.33. The molecule has 0 spiro atoms. The van der Waals surface area contributed by atoms with Crippen LogP contribution in [0.3, 0.4) is 0 Å². The maximum absolute atomic E-state index is 11.5. The molecule has 0 radical (unpaired) electrons. The van der Waals surface area contributed by atoms with Crippen molar-refractivity contribution in [2.24, 2.45) is 10.7 Å². The number of aliphatic imine (C=N–C) groups is 1. The van der Waals surface area contributed by atoms with Crippen molar-refractivity contribution in [1.29, 1.82) is 0 Å². The van der Waals surface area contributed by atoms with Gasteiger partial charge in [-0.3, -0.25) is 4.99 Å². The summed E-state index contributed by atoms with van der Waals surface area (Å²) in [5, 5.41) is 14.6. The normalized spacial score (nSPS) is 13.3. The topological polar surface area (TPSA) is 89.1 Å². The average Bonchev–Trinajstić information content (AvgIpc) is 2.84. The zero-order valence-electron chi connectivity index (χ0n) is 18.6. The first-order chi connectivity index (χ1) is 15.5. The van der Waals surface area contributed by atoms with E-state index in [-0.39, 0.29) is 6.54 Å². The first-order valence-corrected chi connectivity index (χ1v) is 10.6. The van der Waals surface area contributed by atoms with E-state index >= 15 is 0 Å². The lowest BCUT2D eigenvalue weighted by molar-refractivity contribution is 0.0467. The summed E-state index contributed by atoms with van der Waals surface area (Å²) in [6, 6.07) is 25.3. The number of methoxy groups -OCH3 is 2. The van der Waals surface area contributed by atoms with Crippen molar-refractivity contribution in [3.63, 3.8) is 0 Å². The summed E-state index contributed by atoms with van der Waals surface area (Å²) in [6.07, 6.45) is 1.18. The predicted octanol–water partition coefficient (Wildman–Crippen LogP) is 3.28. The Kier molecular flexibility index (Phi) is 8.11. The number of ether oxygens (including phenoxy) is 2. The highest BCUT2D eigenvalue weighted by molar-refractivity contribution is 5.77. The van der Waals surface area contributed by atoms with E-state index in [1.165, 1.54) is 0 Å². The Bertz CT molecular complexity index is 1010. The molecule has 6 nitrogen and oxygen atoms in total. The van der Waals surface area contributed by atoms with Crippen LogP contribution in [0.25, 0.3) is 0 Å². The SMILES string of the molecule is COc1ccc(CCNC(N)=NCC(O)(Cc2ccccc2)c2ccccc2)cc1OC. The third kappa shape index (κ3) is 6.25. The minimum absolute atomic E-state index is 0.154. The second-order valence-electron chi connectivity index (χ2n) is 7.63. The molecule has 0 heterocycles. The Morgan fingerprint density at radius 1 is 0.906 bits per heavy atom. The Balaban J connectivity index is 1.63. The molecule has 0 aliphatic carbocycles. The molecule has 0 fully saturated rings. The van der Waals surface area contributed by atoms with Crippen molar-refractivity contribution >= 4 is 5.96 Å². The Labute approximate surface area is 189 Å². The van der Waals surface area contributed by atoms with E-state index in [4.69, 9.17) is 15.2 Å². The van der Waals surface area contributed by atoms with Gasteiger partial charge >= 0.3 is 0 Å². The highest BCUT2D eigenvalue weighted by Gasteiger charge is 2.29. The fraction of sp³-hybridized carbons (Fsp3) is 0.269. The van der Waals surface area contributed by atoms with E-state index in [2.05, 4.69) is 10.3 Å². The van der Waals surface area contributed by atoms with Gasteiger partial charge in [0.2, 0.25) is 0 Å². The van der Waals surface area contributed by atoms with E-state index in [9.17, 15) is 5.11 Å². The highest BCUT2D eigenvalue weighted by Crippen LogP contribution is 2.28. The van der Waals surface area contributed by atoms with Crippen LogP contribution in [0.5, 0.6) is 11.5 Å². The lowest BCUT2D eigenvalue weighted by Crippen LogP contribution is -2.37. The van der Waals surface area contributed by atoms with Crippen LogP contribution in [0.1, 0.15) is 16.7 Å². The molecule has 0 amide bonds. The number of aliphatic hydroxyl groups is 1. The molecule has 0 saturated carbocycles. The highest BCUT2D eigenvalue weighted by atomic mass is 16.5. The smallest absolute Gasteiger partial charge is 0.188 e. The Hall–Kier alpha value is -3.51. The molecular formula is C26H31N3O3. The first kappa shape index (κ1) is 23.2. The van der Waals surface area contributed by atoms with Gasteiger partial charge in [-0.1, -0.05) is 66.7 Å². The van der Waals surface area contributed by atoms with E-state index in [1.807, 2.05) is 78.9 Å². The summed E-state index contributed by atoms with van der Waals surface area (Å²) < 4.78 is 10.6. The molecule has 4 N–H and O–H groups in total. The summed E-state index contributed by atoms with van der Waals surface area (Å²) in [5.74, 6) is 1.69. The molecule has 0 aliphatic heterocycles. The molecule has 0 aliphatic rings. The predicted molar refractivity (Wildman–Crippen MR) is 128 cm³/mol. The van der Waals surface area contributed by atoms with Crippen molar-refractivity contribution in [3.8, 4) is 11.5 Å². The number of nitrogens with one attached hydrogen (secondary N) is 1. The molecule has 0 aromatic heterocycles. The summed E-state index contributed by atoms with van der Waals surface area (Å²) >= 11 is 0. The van der Waals surface area contributed by atoms with Crippen LogP contribution in [0.2, 0.25) is 0 Å². The monoisotopic (exact) mass is 433 g/mol. The summed E-state index contributed by atoms with van der Waals surface area (Å²) in [7, 11) is 3.23. The molecule has 1 atom stereocenters. The van der Waals surface area contributed by atoms with Crippen molar-refractivity contribution < 1.29 is 14.6 Å². The van der Waals surface area contributed by atoms with Gasteiger partial charge in [0.25, 0.3) is 0 Å². The van der Waals surface area contributed by atoms with Gasteiger partial charge in [0.15, 0.2) is 17.5 Å².